The van der Waals surface area contributed by atoms with Crippen LogP contribution >= 0.6 is 0 Å². The van der Waals surface area contributed by atoms with Crippen molar-refractivity contribution in [3.05, 3.63) is 130 Å². The summed E-state index contributed by atoms with van der Waals surface area (Å²) in [7, 11) is 0. The van der Waals surface area contributed by atoms with Crippen LogP contribution in [0.2, 0.25) is 0 Å². The van der Waals surface area contributed by atoms with Crippen molar-refractivity contribution in [2.75, 3.05) is 34.3 Å². The molecule has 5 nitrogen and oxygen atoms in total. The molecular formula is C65H85N5. The third kappa shape index (κ3) is 10.9. The maximum atomic E-state index is 4.82. The minimum atomic E-state index is -0.655. The SMILES string of the molecule is CCCCCCCCN1c2cccc3c2C2(C#Cc4ccc(N=Nc5cc(C(C)(C)C)cc(C(C)(C)C)c5)cc4)c4c1cccc4N(CCCCCCCC)c1cccc(c12)N3CCCCCCCC. The van der Waals surface area contributed by atoms with Crippen molar-refractivity contribution < 1.29 is 0 Å². The number of hydrogen-bond donors (Lipinski definition) is 0. The molecule has 3 aliphatic heterocycles. The molecule has 5 heteroatoms. The molecule has 3 aliphatic rings. The Bertz CT molecular complexity index is 2360. The van der Waals surface area contributed by atoms with Crippen LogP contribution in [0.1, 0.15) is 211 Å². The molecule has 3 heterocycles. The first-order valence-electron chi connectivity index (χ1n) is 27.8. The van der Waals surface area contributed by atoms with E-state index >= 15 is 0 Å². The molecule has 8 rings (SSSR count). The lowest BCUT2D eigenvalue weighted by molar-refractivity contribution is 0.568. The fraction of sp³-hybridized carbons (Fsp3) is 0.508. The van der Waals surface area contributed by atoms with Crippen LogP contribution in [-0.4, -0.2) is 19.6 Å². The number of benzene rings is 5. The van der Waals surface area contributed by atoms with E-state index in [1.54, 1.807) is 0 Å². The lowest BCUT2D eigenvalue weighted by atomic mass is 9.61. The molecule has 0 saturated carbocycles. The van der Waals surface area contributed by atoms with Crippen molar-refractivity contribution in [3.63, 3.8) is 0 Å². The van der Waals surface area contributed by atoms with E-state index in [9.17, 15) is 0 Å². The fourth-order valence-corrected chi connectivity index (χ4v) is 11.3. The van der Waals surface area contributed by atoms with Crippen molar-refractivity contribution in [1.29, 1.82) is 0 Å². The average molecular weight is 936 g/mol. The molecule has 0 atom stereocenters. The predicted octanol–water partition coefficient (Wildman–Crippen LogP) is 19.5. The van der Waals surface area contributed by atoms with Gasteiger partial charge in [0.25, 0.3) is 0 Å². The lowest BCUT2D eigenvalue weighted by Crippen LogP contribution is -2.47. The number of azo groups is 1. The summed E-state index contributed by atoms with van der Waals surface area (Å²) in [4.78, 5) is 8.09. The molecule has 0 radical (unpaired) electrons. The van der Waals surface area contributed by atoms with Crippen molar-refractivity contribution in [3.8, 4) is 11.8 Å². The summed E-state index contributed by atoms with van der Waals surface area (Å²) in [6.45, 7) is 23.5. The minimum absolute atomic E-state index is 0.0108. The zero-order chi connectivity index (χ0) is 49.3. The lowest BCUT2D eigenvalue weighted by Gasteiger charge is -2.54. The van der Waals surface area contributed by atoms with E-state index in [4.69, 9.17) is 10.2 Å². The van der Waals surface area contributed by atoms with Crippen LogP contribution in [0.15, 0.2) is 107 Å². The number of rotatable bonds is 23. The standard InChI is InChI=1S/C65H85N5/c1-10-13-16-19-22-25-43-68-54-31-28-33-56-60(54)65(42-41-49-37-39-52(40-38-49)66-67-53-47-50(63(4,5)6)46-51(48-53)64(7,8)9)61-55(68)32-29-34-57(61)70(45-27-24-21-18-15-12-3)59-36-30-35-58(62(59)65)69(56)44-26-23-20-17-14-11-2/h28-40,46-48H,10-27,43-45H2,1-9H3. The van der Waals surface area contributed by atoms with Gasteiger partial charge in [-0.05, 0) is 114 Å². The molecule has 0 aromatic heterocycles. The highest BCUT2D eigenvalue weighted by Gasteiger charge is 2.55. The van der Waals surface area contributed by atoms with Crippen LogP contribution in [-0.2, 0) is 16.2 Å². The predicted molar refractivity (Wildman–Crippen MR) is 302 cm³/mol. The van der Waals surface area contributed by atoms with Gasteiger partial charge in [-0.1, -0.05) is 195 Å². The van der Waals surface area contributed by atoms with Crippen LogP contribution in [0.25, 0.3) is 0 Å². The Balaban J connectivity index is 1.24. The van der Waals surface area contributed by atoms with Crippen LogP contribution in [0, 0.1) is 11.8 Å². The molecule has 5 aromatic rings. The van der Waals surface area contributed by atoms with Gasteiger partial charge in [-0.3, -0.25) is 0 Å². The Morgan fingerprint density at radius 3 is 1.07 bits per heavy atom. The van der Waals surface area contributed by atoms with Crippen LogP contribution in [0.5, 0.6) is 0 Å². The Labute approximate surface area is 424 Å². The molecule has 0 aliphatic carbocycles. The molecule has 0 bridgehead atoms. The van der Waals surface area contributed by atoms with Gasteiger partial charge in [0.2, 0.25) is 0 Å². The summed E-state index contributed by atoms with van der Waals surface area (Å²) in [6.07, 6.45) is 22.9. The minimum Gasteiger partial charge on any atom is -0.341 e. The van der Waals surface area contributed by atoms with E-state index in [0.29, 0.717) is 0 Å². The highest BCUT2D eigenvalue weighted by molar-refractivity contribution is 6.02. The normalized spacial score (nSPS) is 14.3. The summed E-state index contributed by atoms with van der Waals surface area (Å²) in [5.41, 5.74) is 16.7. The molecule has 5 aromatic carbocycles. The summed E-state index contributed by atoms with van der Waals surface area (Å²) in [6, 6.07) is 36.6. The van der Waals surface area contributed by atoms with Crippen LogP contribution in [0.4, 0.5) is 45.5 Å². The molecule has 0 unspecified atom stereocenters. The Morgan fingerprint density at radius 1 is 0.400 bits per heavy atom. The molecule has 0 amide bonds. The van der Waals surface area contributed by atoms with Gasteiger partial charge in [-0.15, -0.1) is 0 Å². The van der Waals surface area contributed by atoms with Crippen molar-refractivity contribution in [2.24, 2.45) is 10.2 Å². The topological polar surface area (TPSA) is 34.4 Å². The Hall–Kier alpha value is -5.34. The van der Waals surface area contributed by atoms with E-state index in [2.05, 4.69) is 186 Å². The largest absolute Gasteiger partial charge is 0.341 e. The van der Waals surface area contributed by atoms with E-state index in [1.165, 1.54) is 178 Å². The summed E-state index contributed by atoms with van der Waals surface area (Å²) < 4.78 is 0. The number of hydrogen-bond acceptors (Lipinski definition) is 5. The fourth-order valence-electron chi connectivity index (χ4n) is 11.3. The van der Waals surface area contributed by atoms with Crippen molar-refractivity contribution in [1.82, 2.24) is 0 Å². The van der Waals surface area contributed by atoms with Gasteiger partial charge in [0.1, 0.15) is 5.41 Å². The summed E-state index contributed by atoms with van der Waals surface area (Å²) in [5.74, 6) is 8.09. The molecule has 0 spiro atoms. The number of anilines is 6. The molecule has 0 N–H and O–H groups in total. The molecule has 370 valence electrons. The first-order chi connectivity index (χ1) is 33.9. The Morgan fingerprint density at radius 2 is 0.729 bits per heavy atom. The van der Waals surface area contributed by atoms with Gasteiger partial charge in [-0.2, -0.15) is 10.2 Å². The zero-order valence-electron chi connectivity index (χ0n) is 44.8. The van der Waals surface area contributed by atoms with Crippen molar-refractivity contribution >= 4 is 45.5 Å². The smallest absolute Gasteiger partial charge is 0.119 e. The van der Waals surface area contributed by atoms with Gasteiger partial charge >= 0.3 is 0 Å². The molecule has 0 saturated heterocycles. The number of unbranched alkanes of at least 4 members (excludes halogenated alkanes) is 15. The summed E-state index contributed by atoms with van der Waals surface area (Å²) in [5, 5.41) is 9.62. The molecule has 70 heavy (non-hydrogen) atoms. The van der Waals surface area contributed by atoms with Gasteiger partial charge < -0.3 is 14.7 Å². The first-order valence-corrected chi connectivity index (χ1v) is 27.8. The summed E-state index contributed by atoms with van der Waals surface area (Å²) >= 11 is 0. The molecule has 0 fully saturated rings. The third-order valence-electron chi connectivity index (χ3n) is 15.3. The van der Waals surface area contributed by atoms with Gasteiger partial charge in [0, 0.05) is 76.0 Å². The maximum Gasteiger partial charge on any atom is 0.119 e. The first kappa shape index (κ1) is 51.0. The second kappa shape index (κ2) is 22.8. The zero-order valence-corrected chi connectivity index (χ0v) is 44.8. The number of nitrogens with zero attached hydrogens (tertiary/aromatic N) is 5. The average Bonchev–Trinajstić information content (AvgIpc) is 3.35. The Kier molecular flexibility index (Phi) is 16.6. The van der Waals surface area contributed by atoms with E-state index in [0.717, 1.165) is 36.6 Å². The van der Waals surface area contributed by atoms with Gasteiger partial charge in [-0.25, -0.2) is 0 Å². The second-order valence-electron chi connectivity index (χ2n) is 22.8. The van der Waals surface area contributed by atoms with Crippen LogP contribution in [0.3, 0.4) is 0 Å². The van der Waals surface area contributed by atoms with Gasteiger partial charge in [0.05, 0.1) is 11.4 Å². The van der Waals surface area contributed by atoms with Crippen molar-refractivity contribution in [2.45, 2.75) is 194 Å². The third-order valence-corrected chi connectivity index (χ3v) is 15.3. The highest BCUT2D eigenvalue weighted by atomic mass is 15.2. The maximum absolute atomic E-state index is 4.82. The highest BCUT2D eigenvalue weighted by Crippen LogP contribution is 2.66. The van der Waals surface area contributed by atoms with E-state index in [1.807, 2.05) is 0 Å². The quantitative estimate of drug-likeness (QED) is 0.0372. The second-order valence-corrected chi connectivity index (χ2v) is 22.8. The van der Waals surface area contributed by atoms with Crippen LogP contribution < -0.4 is 14.7 Å². The van der Waals surface area contributed by atoms with E-state index in [-0.39, 0.29) is 10.8 Å². The monoisotopic (exact) mass is 936 g/mol. The van der Waals surface area contributed by atoms with Gasteiger partial charge in [0.15, 0.2) is 0 Å². The van der Waals surface area contributed by atoms with E-state index < -0.39 is 5.41 Å². The molecular weight excluding hydrogens is 851 g/mol.